The zero-order valence-electron chi connectivity index (χ0n) is 6.54. The Morgan fingerprint density at radius 3 is 2.90 bits per heavy atom. The summed E-state index contributed by atoms with van der Waals surface area (Å²) in [6, 6.07) is 0. The van der Waals surface area contributed by atoms with Crippen molar-refractivity contribution in [3.8, 4) is 0 Å². The van der Waals surface area contributed by atoms with Crippen LogP contribution in [0.2, 0.25) is 0 Å². The van der Waals surface area contributed by atoms with Crippen molar-refractivity contribution in [2.24, 2.45) is 10.4 Å². The van der Waals surface area contributed by atoms with Crippen LogP contribution in [-0.2, 0) is 0 Å². The lowest BCUT2D eigenvalue weighted by Crippen LogP contribution is -2.03. The van der Waals surface area contributed by atoms with Crippen molar-refractivity contribution < 1.29 is 0 Å². The fourth-order valence-corrected chi connectivity index (χ4v) is 0.886. The fourth-order valence-electron chi connectivity index (χ4n) is 0.886. The fraction of sp³-hybridized carbons (Fsp3) is 0.444. The second-order valence-electron chi connectivity index (χ2n) is 3.10. The monoisotopic (exact) mass is 135 g/mol. The van der Waals surface area contributed by atoms with Crippen molar-refractivity contribution >= 4 is 6.21 Å². The molecule has 1 aliphatic rings. The summed E-state index contributed by atoms with van der Waals surface area (Å²) in [5, 5.41) is 0. The molecule has 1 heteroatoms. The Hall–Kier alpha value is -0.850. The summed E-state index contributed by atoms with van der Waals surface area (Å²) in [5.74, 6) is 0. The molecule has 0 aromatic rings. The topological polar surface area (TPSA) is 12.4 Å². The normalized spacial score (nSPS) is 22.2. The maximum Gasteiger partial charge on any atom is 0.0570 e. The van der Waals surface area contributed by atoms with E-state index in [9.17, 15) is 0 Å². The summed E-state index contributed by atoms with van der Waals surface area (Å²) < 4.78 is 0. The van der Waals surface area contributed by atoms with Gasteiger partial charge in [-0.2, -0.15) is 0 Å². The van der Waals surface area contributed by atoms with E-state index >= 15 is 0 Å². The molecule has 1 nitrogen and oxygen atoms in total. The molecule has 0 amide bonds. The molecule has 0 atom stereocenters. The van der Waals surface area contributed by atoms with Crippen LogP contribution in [0, 0.1) is 5.41 Å². The highest BCUT2D eigenvalue weighted by atomic mass is 14.7. The van der Waals surface area contributed by atoms with Gasteiger partial charge in [-0.15, -0.1) is 0 Å². The second-order valence-corrected chi connectivity index (χ2v) is 3.10. The van der Waals surface area contributed by atoms with Gasteiger partial charge in [0.15, 0.2) is 0 Å². The van der Waals surface area contributed by atoms with E-state index in [1.807, 2.05) is 12.3 Å². The van der Waals surface area contributed by atoms with Gasteiger partial charge >= 0.3 is 0 Å². The molecule has 0 aliphatic carbocycles. The number of allylic oxidation sites excluding steroid dienone is 3. The SMILES string of the molecule is CC1(C)C=CC=NCC=C1. The van der Waals surface area contributed by atoms with Gasteiger partial charge in [-0.3, -0.25) is 4.99 Å². The zero-order valence-corrected chi connectivity index (χ0v) is 6.54. The smallest absolute Gasteiger partial charge is 0.0570 e. The molecule has 0 saturated carbocycles. The van der Waals surface area contributed by atoms with E-state index in [1.54, 1.807) is 0 Å². The minimum Gasteiger partial charge on any atom is -0.289 e. The summed E-state index contributed by atoms with van der Waals surface area (Å²) in [5.41, 5.74) is 0.201. The minimum absolute atomic E-state index is 0.201. The van der Waals surface area contributed by atoms with Crippen LogP contribution in [0.15, 0.2) is 29.3 Å². The third kappa shape index (κ3) is 2.18. The van der Waals surface area contributed by atoms with E-state index in [4.69, 9.17) is 0 Å². The van der Waals surface area contributed by atoms with Crippen molar-refractivity contribution in [3.05, 3.63) is 24.3 Å². The van der Waals surface area contributed by atoms with Gasteiger partial charge in [-0.25, -0.2) is 0 Å². The average Bonchev–Trinajstić information content (AvgIpc) is 1.81. The maximum atomic E-state index is 4.10. The Kier molecular flexibility index (Phi) is 2.05. The van der Waals surface area contributed by atoms with Gasteiger partial charge in [0, 0.05) is 11.6 Å². The highest BCUT2D eigenvalue weighted by molar-refractivity contribution is 5.71. The first-order valence-corrected chi connectivity index (χ1v) is 3.56. The van der Waals surface area contributed by atoms with Gasteiger partial charge in [0.1, 0.15) is 0 Å². The van der Waals surface area contributed by atoms with Gasteiger partial charge in [0.05, 0.1) is 6.54 Å². The highest BCUT2D eigenvalue weighted by Crippen LogP contribution is 2.18. The number of hydrogen-bond acceptors (Lipinski definition) is 1. The first kappa shape index (κ1) is 7.26. The standard InChI is InChI=1S/C9H13N/c1-9(2)5-3-7-10-8-4-6-9/h3-7H,8H2,1-2H3. The summed E-state index contributed by atoms with van der Waals surface area (Å²) in [7, 11) is 0. The van der Waals surface area contributed by atoms with E-state index in [-0.39, 0.29) is 5.41 Å². The molecule has 1 rings (SSSR count). The zero-order chi connectivity index (χ0) is 7.45. The van der Waals surface area contributed by atoms with Crippen molar-refractivity contribution in [2.75, 3.05) is 6.54 Å². The molecule has 0 spiro atoms. The average molecular weight is 135 g/mol. The third-order valence-corrected chi connectivity index (χ3v) is 1.48. The summed E-state index contributed by atoms with van der Waals surface area (Å²) >= 11 is 0. The van der Waals surface area contributed by atoms with Crippen LogP contribution < -0.4 is 0 Å². The van der Waals surface area contributed by atoms with Gasteiger partial charge in [0.2, 0.25) is 0 Å². The molecule has 0 saturated heterocycles. The highest BCUT2D eigenvalue weighted by Gasteiger charge is 2.07. The third-order valence-electron chi connectivity index (χ3n) is 1.48. The first-order chi connectivity index (χ1) is 4.71. The molecule has 0 unspecified atom stereocenters. The largest absolute Gasteiger partial charge is 0.289 e. The molecule has 0 aromatic heterocycles. The lowest BCUT2D eigenvalue weighted by atomic mass is 9.92. The Labute approximate surface area is 62.2 Å². The molecule has 0 aromatic carbocycles. The number of hydrogen-bond donors (Lipinski definition) is 0. The molecule has 0 N–H and O–H groups in total. The van der Waals surface area contributed by atoms with Crippen LogP contribution in [0.4, 0.5) is 0 Å². The van der Waals surface area contributed by atoms with E-state index in [0.29, 0.717) is 0 Å². The molecular weight excluding hydrogens is 122 g/mol. The van der Waals surface area contributed by atoms with Gasteiger partial charge in [-0.05, 0) is 6.08 Å². The van der Waals surface area contributed by atoms with Gasteiger partial charge < -0.3 is 0 Å². The van der Waals surface area contributed by atoms with Gasteiger partial charge in [0.25, 0.3) is 0 Å². The van der Waals surface area contributed by atoms with Crippen molar-refractivity contribution in [1.29, 1.82) is 0 Å². The molecule has 0 bridgehead atoms. The molecule has 1 heterocycles. The van der Waals surface area contributed by atoms with Crippen LogP contribution in [0.25, 0.3) is 0 Å². The quantitative estimate of drug-likeness (QED) is 0.451. The predicted molar refractivity (Wildman–Crippen MR) is 45.4 cm³/mol. The van der Waals surface area contributed by atoms with Crippen LogP contribution in [-0.4, -0.2) is 12.8 Å². The van der Waals surface area contributed by atoms with Crippen LogP contribution in [0.1, 0.15) is 13.8 Å². The van der Waals surface area contributed by atoms with E-state index < -0.39 is 0 Å². The summed E-state index contributed by atoms with van der Waals surface area (Å²) in [6.45, 7) is 5.17. The van der Waals surface area contributed by atoms with E-state index in [1.165, 1.54) is 0 Å². The molecule has 54 valence electrons. The second kappa shape index (κ2) is 2.82. The lowest BCUT2D eigenvalue weighted by molar-refractivity contribution is 0.624. The number of rotatable bonds is 0. The van der Waals surface area contributed by atoms with Crippen LogP contribution >= 0.6 is 0 Å². The predicted octanol–water partition coefficient (Wildman–Crippen LogP) is 2.21. The number of aliphatic imine (C=N–C) groups is 1. The lowest BCUT2D eigenvalue weighted by Gasteiger charge is -2.14. The Bertz CT molecular complexity index is 185. The summed E-state index contributed by atoms with van der Waals surface area (Å²) in [4.78, 5) is 4.10. The molecule has 10 heavy (non-hydrogen) atoms. The maximum absolute atomic E-state index is 4.10. The van der Waals surface area contributed by atoms with Crippen molar-refractivity contribution in [1.82, 2.24) is 0 Å². The Balaban J connectivity index is 2.78. The van der Waals surface area contributed by atoms with Crippen molar-refractivity contribution in [2.45, 2.75) is 13.8 Å². The molecule has 1 aliphatic heterocycles. The first-order valence-electron chi connectivity index (χ1n) is 3.56. The minimum atomic E-state index is 0.201. The Morgan fingerprint density at radius 1 is 1.30 bits per heavy atom. The number of nitrogens with zero attached hydrogens (tertiary/aromatic N) is 1. The van der Waals surface area contributed by atoms with E-state index in [2.05, 4.69) is 37.1 Å². The molecule has 0 fully saturated rings. The van der Waals surface area contributed by atoms with Gasteiger partial charge in [-0.1, -0.05) is 32.1 Å². The summed E-state index contributed by atoms with van der Waals surface area (Å²) in [6.07, 6.45) is 10.3. The van der Waals surface area contributed by atoms with Crippen LogP contribution in [0.5, 0.6) is 0 Å². The van der Waals surface area contributed by atoms with Crippen molar-refractivity contribution in [3.63, 3.8) is 0 Å². The molecule has 0 radical (unpaired) electrons. The van der Waals surface area contributed by atoms with E-state index in [0.717, 1.165) is 6.54 Å². The molecular formula is C9H13N. The van der Waals surface area contributed by atoms with Crippen LogP contribution in [0.3, 0.4) is 0 Å². The Morgan fingerprint density at radius 2 is 2.10 bits per heavy atom.